The van der Waals surface area contributed by atoms with E-state index in [1.807, 2.05) is 12.1 Å². The average molecular weight is 728 g/mol. The first-order valence-electron chi connectivity index (χ1n) is 20.1. The molecule has 0 amide bonds. The molecule has 282 valence electrons. The summed E-state index contributed by atoms with van der Waals surface area (Å²) in [6, 6.07) is 34.4. The van der Waals surface area contributed by atoms with Gasteiger partial charge in [0.2, 0.25) is 11.0 Å². The van der Waals surface area contributed by atoms with Gasteiger partial charge in [0.05, 0.1) is 49.2 Å². The fourth-order valence-electron chi connectivity index (χ4n) is 10.0. The van der Waals surface area contributed by atoms with E-state index in [2.05, 4.69) is 108 Å². The molecule has 1 heterocycles. The molecule has 4 aromatic carbocycles. The Labute approximate surface area is 320 Å². The highest BCUT2D eigenvalue weighted by atomic mass is 16.5. The van der Waals surface area contributed by atoms with Crippen molar-refractivity contribution in [3.63, 3.8) is 0 Å². The van der Waals surface area contributed by atoms with E-state index in [0.717, 1.165) is 67.8 Å². The molecule has 4 bridgehead atoms. The monoisotopic (exact) mass is 727 g/mol. The summed E-state index contributed by atoms with van der Waals surface area (Å²) in [7, 11) is 4.25. The number of esters is 1. The van der Waals surface area contributed by atoms with Gasteiger partial charge < -0.3 is 23.8 Å². The van der Waals surface area contributed by atoms with E-state index in [-0.39, 0.29) is 11.4 Å². The first-order valence-corrected chi connectivity index (χ1v) is 20.1. The Morgan fingerprint density at radius 1 is 0.704 bits per heavy atom. The molecule has 4 aliphatic carbocycles. The van der Waals surface area contributed by atoms with Crippen LogP contribution >= 0.6 is 0 Å². The van der Waals surface area contributed by atoms with Crippen LogP contribution in [0.25, 0.3) is 32.9 Å². The third kappa shape index (κ3) is 7.99. The molecule has 5 aromatic rings. The van der Waals surface area contributed by atoms with E-state index in [1.165, 1.54) is 57.8 Å². The first kappa shape index (κ1) is 36.5. The summed E-state index contributed by atoms with van der Waals surface area (Å²) in [4.78, 5) is 15.3. The Morgan fingerprint density at radius 2 is 1.28 bits per heavy atom. The Hall–Kier alpha value is -4.46. The van der Waals surface area contributed by atoms with Crippen molar-refractivity contribution in [1.82, 2.24) is 0 Å². The van der Waals surface area contributed by atoms with Crippen LogP contribution in [0.5, 0.6) is 5.75 Å². The van der Waals surface area contributed by atoms with Crippen LogP contribution in [-0.2, 0) is 32.5 Å². The third-order valence-electron chi connectivity index (χ3n) is 12.3. The van der Waals surface area contributed by atoms with Gasteiger partial charge in [-0.05, 0) is 117 Å². The summed E-state index contributed by atoms with van der Waals surface area (Å²) < 4.78 is 25.6. The summed E-state index contributed by atoms with van der Waals surface area (Å²) >= 11 is 0. The smallest absolute Gasteiger partial charge is 0.312 e. The number of hydrogen-bond acceptors (Lipinski definition) is 6. The number of pyridine rings is 1. The van der Waals surface area contributed by atoms with Crippen molar-refractivity contribution in [2.45, 2.75) is 51.4 Å². The number of rotatable bonds is 17. The Bertz CT molecular complexity index is 1950. The number of nitrogens with zero attached hydrogens (tertiary/aromatic N) is 2. The normalized spacial score (nSPS) is 21.5. The van der Waals surface area contributed by atoms with Gasteiger partial charge in [-0.25, -0.2) is 0 Å². The molecule has 7 heteroatoms. The zero-order valence-corrected chi connectivity index (χ0v) is 32.0. The van der Waals surface area contributed by atoms with Crippen LogP contribution in [0.4, 0.5) is 5.69 Å². The lowest BCUT2D eigenvalue weighted by Crippen LogP contribution is -2.50. The van der Waals surface area contributed by atoms with Crippen molar-refractivity contribution in [3.05, 3.63) is 103 Å². The van der Waals surface area contributed by atoms with Crippen molar-refractivity contribution in [2.75, 3.05) is 58.1 Å². The summed E-state index contributed by atoms with van der Waals surface area (Å²) in [6.45, 7) is 4.00. The number of hydrogen-bond donors (Lipinski definition) is 0. The van der Waals surface area contributed by atoms with E-state index in [0.29, 0.717) is 39.6 Å². The molecule has 0 atom stereocenters. The average Bonchev–Trinajstić information content (AvgIpc) is 3.19. The number of carbonyl (C=O) groups excluding carboxylic acids is 1. The maximum Gasteiger partial charge on any atom is 0.312 e. The minimum Gasteiger partial charge on any atom is -0.491 e. The Kier molecular flexibility index (Phi) is 11.2. The SMILES string of the molecule is CN(CCOCCOCCOc1ccc(CCCOC(=O)C23CC4CC(CC(C4)C2)C3)cc1)c1ccc(-c2c3ccccc3[n+](C)c3ccccc23)cc1. The van der Waals surface area contributed by atoms with Crippen molar-refractivity contribution in [3.8, 4) is 16.9 Å². The Balaban J connectivity index is 0.694. The summed E-state index contributed by atoms with van der Waals surface area (Å²) in [6.07, 6.45) is 8.98. The molecule has 0 saturated heterocycles. The van der Waals surface area contributed by atoms with E-state index < -0.39 is 0 Å². The maximum atomic E-state index is 13.1. The van der Waals surface area contributed by atoms with E-state index in [9.17, 15) is 4.79 Å². The predicted molar refractivity (Wildman–Crippen MR) is 215 cm³/mol. The molecular formula is C47H55N2O5+. The molecule has 0 radical (unpaired) electrons. The van der Waals surface area contributed by atoms with E-state index in [1.54, 1.807) is 0 Å². The summed E-state index contributed by atoms with van der Waals surface area (Å²) in [5, 5.41) is 2.51. The van der Waals surface area contributed by atoms with Crippen molar-refractivity contribution in [1.29, 1.82) is 0 Å². The van der Waals surface area contributed by atoms with Gasteiger partial charge in [-0.15, -0.1) is 0 Å². The number of aromatic nitrogens is 1. The number of likely N-dealkylation sites (N-methyl/N-ethyl adjacent to an activating group) is 1. The summed E-state index contributed by atoms with van der Waals surface area (Å²) in [5.74, 6) is 3.21. The van der Waals surface area contributed by atoms with Gasteiger partial charge in [0, 0.05) is 37.0 Å². The van der Waals surface area contributed by atoms with Crippen LogP contribution in [0.15, 0.2) is 97.1 Å². The fourth-order valence-corrected chi connectivity index (χ4v) is 10.0. The van der Waals surface area contributed by atoms with Gasteiger partial charge in [-0.3, -0.25) is 4.79 Å². The molecule has 0 unspecified atom stereocenters. The number of ether oxygens (including phenoxy) is 4. The molecule has 7 nitrogen and oxygen atoms in total. The van der Waals surface area contributed by atoms with Gasteiger partial charge in [0.1, 0.15) is 19.4 Å². The highest BCUT2D eigenvalue weighted by Gasteiger charge is 2.55. The highest BCUT2D eigenvalue weighted by Crippen LogP contribution is 2.60. The number of carbonyl (C=O) groups is 1. The number of aryl methyl sites for hydroxylation is 2. The quantitative estimate of drug-likeness (QED) is 0.0414. The van der Waals surface area contributed by atoms with Gasteiger partial charge in [0.25, 0.3) is 0 Å². The van der Waals surface area contributed by atoms with Crippen LogP contribution in [0.3, 0.4) is 0 Å². The highest BCUT2D eigenvalue weighted by molar-refractivity contribution is 6.07. The molecule has 0 aliphatic heterocycles. The van der Waals surface area contributed by atoms with E-state index >= 15 is 0 Å². The van der Waals surface area contributed by atoms with E-state index in [4.69, 9.17) is 18.9 Å². The standard InChI is InChI=1S/C47H55N2O5/c1-48(39-17-15-38(16-18-39)45-41-9-3-5-11-43(41)49(2)44-12-6-4-10-42(44)45)21-23-51-24-25-52-26-27-53-40-19-13-34(14-20-40)8-7-22-54-46(50)47-31-35-28-36(32-47)30-37(29-35)33-47/h3-6,9-20,35-37H,7-8,21-33H2,1-2H3/q+1. The Morgan fingerprint density at radius 3 is 1.91 bits per heavy atom. The number of anilines is 1. The van der Waals surface area contributed by atoms with Crippen molar-refractivity contribution < 1.29 is 28.3 Å². The molecule has 4 aliphatic rings. The predicted octanol–water partition coefficient (Wildman–Crippen LogP) is 8.73. The minimum absolute atomic E-state index is 0.0885. The lowest BCUT2D eigenvalue weighted by atomic mass is 9.49. The lowest BCUT2D eigenvalue weighted by molar-refractivity contribution is -0.617. The zero-order chi connectivity index (χ0) is 36.9. The van der Waals surface area contributed by atoms with Gasteiger partial charge in [-0.2, -0.15) is 4.57 Å². The van der Waals surface area contributed by atoms with Gasteiger partial charge in [0.15, 0.2) is 0 Å². The largest absolute Gasteiger partial charge is 0.491 e. The number of para-hydroxylation sites is 2. The van der Waals surface area contributed by atoms with Crippen molar-refractivity contribution >= 4 is 33.5 Å². The van der Waals surface area contributed by atoms with Crippen LogP contribution in [0, 0.1) is 23.2 Å². The van der Waals surface area contributed by atoms with Gasteiger partial charge in [-0.1, -0.05) is 48.5 Å². The second-order valence-electron chi connectivity index (χ2n) is 16.1. The zero-order valence-electron chi connectivity index (χ0n) is 32.0. The number of benzene rings is 4. The van der Waals surface area contributed by atoms with Crippen LogP contribution in [0.2, 0.25) is 0 Å². The van der Waals surface area contributed by atoms with Gasteiger partial charge >= 0.3 is 5.97 Å². The summed E-state index contributed by atoms with van der Waals surface area (Å²) in [5.41, 5.74) is 7.16. The first-order chi connectivity index (χ1) is 26.5. The molecule has 0 N–H and O–H groups in total. The third-order valence-corrected chi connectivity index (χ3v) is 12.3. The van der Waals surface area contributed by atoms with Crippen LogP contribution in [-0.4, -0.2) is 59.2 Å². The molecule has 4 fully saturated rings. The second-order valence-corrected chi connectivity index (χ2v) is 16.1. The molecule has 0 spiro atoms. The van der Waals surface area contributed by atoms with Crippen LogP contribution < -0.4 is 14.2 Å². The minimum atomic E-state index is -0.161. The van der Waals surface area contributed by atoms with Crippen LogP contribution in [0.1, 0.15) is 50.5 Å². The molecular weight excluding hydrogens is 673 g/mol. The lowest BCUT2D eigenvalue weighted by Gasteiger charge is -2.55. The second kappa shape index (κ2) is 16.5. The topological polar surface area (TPSA) is 61.1 Å². The molecule has 54 heavy (non-hydrogen) atoms. The maximum absolute atomic E-state index is 13.1. The molecule has 4 saturated carbocycles. The fraction of sp³-hybridized carbons (Fsp3) is 0.447. The number of fused-ring (bicyclic) bond motifs is 2. The van der Waals surface area contributed by atoms with Crippen molar-refractivity contribution in [2.24, 2.45) is 30.2 Å². The molecule has 9 rings (SSSR count). The molecule has 1 aromatic heterocycles.